The Morgan fingerprint density at radius 2 is 1.67 bits per heavy atom. The summed E-state index contributed by atoms with van der Waals surface area (Å²) < 4.78 is 33.0. The second-order valence-electron chi connectivity index (χ2n) is 7.19. The molecule has 1 atom stereocenters. The molecule has 10 heteroatoms. The molecule has 1 aliphatic rings. The predicted octanol–water partition coefficient (Wildman–Crippen LogP) is 2.74. The predicted molar refractivity (Wildman–Crippen MR) is 122 cm³/mol. The largest absolute Gasteiger partial charge is 0.497 e. The highest BCUT2D eigenvalue weighted by atomic mass is 32.2. The summed E-state index contributed by atoms with van der Waals surface area (Å²) in [6.45, 7) is 0. The van der Waals surface area contributed by atoms with Gasteiger partial charge in [0.05, 0.1) is 12.0 Å². The van der Waals surface area contributed by atoms with Crippen LogP contribution in [0.3, 0.4) is 0 Å². The van der Waals surface area contributed by atoms with Gasteiger partial charge >= 0.3 is 0 Å². The summed E-state index contributed by atoms with van der Waals surface area (Å²) in [5, 5.41) is 4.96. The molecule has 168 valence electrons. The molecule has 0 saturated carbocycles. The highest BCUT2D eigenvalue weighted by molar-refractivity contribution is 7.92. The monoisotopic (exact) mass is 465 g/mol. The summed E-state index contributed by atoms with van der Waals surface area (Å²) in [6.07, 6.45) is 0. The molecule has 9 nitrogen and oxygen atoms in total. The minimum absolute atomic E-state index is 0.0950. The molecule has 0 spiro atoms. The van der Waals surface area contributed by atoms with Crippen molar-refractivity contribution in [1.82, 2.24) is 0 Å². The molecule has 1 aliphatic heterocycles. The molecule has 3 N–H and O–H groups in total. The van der Waals surface area contributed by atoms with Gasteiger partial charge in [0.1, 0.15) is 11.7 Å². The molecule has 0 bridgehead atoms. The number of methoxy groups -OCH3 is 1. The van der Waals surface area contributed by atoms with Crippen LogP contribution in [0.2, 0.25) is 0 Å². The third-order valence-corrected chi connectivity index (χ3v) is 6.40. The number of carbonyl (C=O) groups excluding carboxylic acids is 3. The molecule has 2 amide bonds. The van der Waals surface area contributed by atoms with E-state index in [0.717, 1.165) is 0 Å². The standard InChI is InChI=1S/C23H19N3O6S/c1-32-16-11-9-14(10-12-16)26-33(30,31)17-6-4-5-15(13-17)24-23(29)21(27)20-18-7-2-3-8-19(18)25-22(20)28/h2-13,20,26H,1H3,(H,24,29)(H,25,28)/t20-/m0/s1. The lowest BCUT2D eigenvalue weighted by molar-refractivity contribution is -0.138. The Labute approximate surface area is 189 Å². The van der Waals surface area contributed by atoms with Crippen molar-refractivity contribution in [3.05, 3.63) is 78.4 Å². The number of hydrogen-bond donors (Lipinski definition) is 3. The molecule has 3 aromatic rings. The van der Waals surface area contributed by atoms with Crippen LogP contribution in [0, 0.1) is 0 Å². The molecule has 0 unspecified atom stereocenters. The highest BCUT2D eigenvalue weighted by Gasteiger charge is 2.39. The first-order valence-corrected chi connectivity index (χ1v) is 11.3. The highest BCUT2D eigenvalue weighted by Crippen LogP contribution is 2.33. The molecule has 0 saturated heterocycles. The zero-order chi connectivity index (χ0) is 23.6. The van der Waals surface area contributed by atoms with Gasteiger partial charge < -0.3 is 15.4 Å². The van der Waals surface area contributed by atoms with Gasteiger partial charge in [-0.2, -0.15) is 0 Å². The average molecular weight is 465 g/mol. The first-order valence-electron chi connectivity index (χ1n) is 9.80. The van der Waals surface area contributed by atoms with E-state index in [1.165, 1.54) is 31.4 Å². The molecule has 0 aliphatic carbocycles. The molecule has 0 radical (unpaired) electrons. The summed E-state index contributed by atoms with van der Waals surface area (Å²) in [5.41, 5.74) is 1.32. The summed E-state index contributed by atoms with van der Waals surface area (Å²) in [7, 11) is -2.47. The maximum Gasteiger partial charge on any atom is 0.292 e. The van der Waals surface area contributed by atoms with Gasteiger partial charge in [0.25, 0.3) is 15.9 Å². The summed E-state index contributed by atoms with van der Waals surface area (Å²) in [4.78, 5) is 37.3. The van der Waals surface area contributed by atoms with Crippen LogP contribution < -0.4 is 20.1 Å². The first-order chi connectivity index (χ1) is 15.8. The van der Waals surface area contributed by atoms with Crippen LogP contribution in [0.25, 0.3) is 0 Å². The van der Waals surface area contributed by atoms with Crippen molar-refractivity contribution in [2.75, 3.05) is 22.5 Å². The normalized spacial score (nSPS) is 14.7. The van der Waals surface area contributed by atoms with Crippen LogP contribution in [0.4, 0.5) is 17.1 Å². The van der Waals surface area contributed by atoms with Crippen LogP contribution in [-0.2, 0) is 24.4 Å². The minimum Gasteiger partial charge on any atom is -0.497 e. The SMILES string of the molecule is COc1ccc(NS(=O)(=O)c2cccc(NC(=O)C(=O)[C@H]3C(=O)Nc4ccccc43)c2)cc1. The Morgan fingerprint density at radius 1 is 0.939 bits per heavy atom. The fourth-order valence-electron chi connectivity index (χ4n) is 3.41. The van der Waals surface area contributed by atoms with Crippen LogP contribution in [0.5, 0.6) is 5.75 Å². The Kier molecular flexibility index (Phi) is 5.84. The van der Waals surface area contributed by atoms with Gasteiger partial charge in [-0.3, -0.25) is 19.1 Å². The third kappa shape index (κ3) is 4.55. The molecule has 0 fully saturated rings. The van der Waals surface area contributed by atoms with E-state index in [1.54, 1.807) is 48.5 Å². The van der Waals surface area contributed by atoms with E-state index in [9.17, 15) is 22.8 Å². The topological polar surface area (TPSA) is 131 Å². The van der Waals surface area contributed by atoms with E-state index in [0.29, 0.717) is 22.7 Å². The van der Waals surface area contributed by atoms with Gasteiger partial charge in [0.15, 0.2) is 0 Å². The minimum atomic E-state index is -3.97. The first kappa shape index (κ1) is 22.0. The number of rotatable bonds is 7. The van der Waals surface area contributed by atoms with Crippen LogP contribution in [-0.4, -0.2) is 33.1 Å². The van der Waals surface area contributed by atoms with Gasteiger partial charge in [-0.25, -0.2) is 8.42 Å². The van der Waals surface area contributed by atoms with Gasteiger partial charge in [0.2, 0.25) is 11.7 Å². The van der Waals surface area contributed by atoms with Crippen molar-refractivity contribution in [1.29, 1.82) is 0 Å². The number of ether oxygens (including phenoxy) is 1. The second-order valence-corrected chi connectivity index (χ2v) is 8.87. The molecular weight excluding hydrogens is 446 g/mol. The van der Waals surface area contributed by atoms with Crippen LogP contribution in [0.15, 0.2) is 77.7 Å². The van der Waals surface area contributed by atoms with Crippen LogP contribution >= 0.6 is 0 Å². The number of carbonyl (C=O) groups is 3. The number of para-hydroxylation sites is 1. The Morgan fingerprint density at radius 3 is 2.39 bits per heavy atom. The van der Waals surface area contributed by atoms with Crippen molar-refractivity contribution in [3.63, 3.8) is 0 Å². The van der Waals surface area contributed by atoms with Crippen LogP contribution in [0.1, 0.15) is 11.5 Å². The molecule has 1 heterocycles. The number of Topliss-reactive ketones (excluding diaryl/α,β-unsaturated/α-hetero) is 1. The van der Waals surface area contributed by atoms with Gasteiger partial charge in [0, 0.05) is 17.1 Å². The number of benzene rings is 3. The van der Waals surface area contributed by atoms with E-state index in [1.807, 2.05) is 0 Å². The van der Waals surface area contributed by atoms with Crippen molar-refractivity contribution >= 4 is 44.7 Å². The zero-order valence-electron chi connectivity index (χ0n) is 17.4. The lowest BCUT2D eigenvalue weighted by Gasteiger charge is -2.11. The van der Waals surface area contributed by atoms with E-state index >= 15 is 0 Å². The number of ketones is 1. The Hall–Kier alpha value is -4.18. The van der Waals surface area contributed by atoms with Crippen molar-refractivity contribution in [3.8, 4) is 5.75 Å². The number of hydrogen-bond acceptors (Lipinski definition) is 6. The van der Waals surface area contributed by atoms with Gasteiger partial charge in [-0.05, 0) is 54.1 Å². The number of anilines is 3. The number of fused-ring (bicyclic) bond motifs is 1. The maximum atomic E-state index is 12.7. The molecule has 3 aromatic carbocycles. The Balaban J connectivity index is 1.50. The summed E-state index contributed by atoms with van der Waals surface area (Å²) in [5.74, 6) is -3.24. The van der Waals surface area contributed by atoms with Gasteiger partial charge in [-0.1, -0.05) is 24.3 Å². The quantitative estimate of drug-likeness (QED) is 0.363. The summed E-state index contributed by atoms with van der Waals surface area (Å²) >= 11 is 0. The smallest absolute Gasteiger partial charge is 0.292 e. The third-order valence-electron chi connectivity index (χ3n) is 5.02. The van der Waals surface area contributed by atoms with E-state index in [4.69, 9.17) is 4.74 Å². The fourth-order valence-corrected chi connectivity index (χ4v) is 4.51. The zero-order valence-corrected chi connectivity index (χ0v) is 18.2. The lowest BCUT2D eigenvalue weighted by atomic mass is 9.95. The molecule has 0 aromatic heterocycles. The second kappa shape index (κ2) is 8.75. The lowest BCUT2D eigenvalue weighted by Crippen LogP contribution is -2.32. The number of amides is 2. The van der Waals surface area contributed by atoms with Crippen molar-refractivity contribution in [2.24, 2.45) is 0 Å². The molecule has 4 rings (SSSR count). The van der Waals surface area contributed by atoms with E-state index in [2.05, 4.69) is 15.4 Å². The maximum absolute atomic E-state index is 12.7. The van der Waals surface area contributed by atoms with E-state index < -0.39 is 33.5 Å². The summed E-state index contributed by atoms with van der Waals surface area (Å²) in [6, 6.07) is 18.4. The van der Waals surface area contributed by atoms with Crippen molar-refractivity contribution in [2.45, 2.75) is 10.8 Å². The van der Waals surface area contributed by atoms with Gasteiger partial charge in [-0.15, -0.1) is 0 Å². The molecule has 33 heavy (non-hydrogen) atoms. The average Bonchev–Trinajstić information content (AvgIpc) is 3.14. The van der Waals surface area contributed by atoms with E-state index in [-0.39, 0.29) is 10.6 Å². The number of nitrogens with one attached hydrogen (secondary N) is 3. The van der Waals surface area contributed by atoms with Crippen molar-refractivity contribution < 1.29 is 27.5 Å². The molecular formula is C23H19N3O6S. The Bertz CT molecular complexity index is 1350. The number of sulfonamides is 1. The fraction of sp³-hybridized carbons (Fsp3) is 0.0870.